The van der Waals surface area contributed by atoms with Crippen LogP contribution in [0.25, 0.3) is 0 Å². The highest BCUT2D eigenvalue weighted by atomic mass is 32.2. The maximum Gasteiger partial charge on any atom is 0.243 e. The second-order valence-corrected chi connectivity index (χ2v) is 8.50. The topological polar surface area (TPSA) is 66.5 Å². The minimum Gasteiger partial charge on any atom is -0.342 e. The summed E-state index contributed by atoms with van der Waals surface area (Å²) in [5.74, 6) is -0.598. The van der Waals surface area contributed by atoms with Gasteiger partial charge in [0.05, 0.1) is 6.54 Å². The number of carbonyl (C=O) groups is 1. The Morgan fingerprint density at radius 3 is 2.33 bits per heavy atom. The molecule has 0 spiro atoms. The van der Waals surface area contributed by atoms with Gasteiger partial charge in [0.2, 0.25) is 15.9 Å². The molecular formula is C20H23FN2O3S. The van der Waals surface area contributed by atoms with Crippen molar-refractivity contribution < 1.29 is 17.6 Å². The summed E-state index contributed by atoms with van der Waals surface area (Å²) in [5.41, 5.74) is 1.29. The highest BCUT2D eigenvalue weighted by Gasteiger charge is 2.25. The van der Waals surface area contributed by atoms with Crippen molar-refractivity contribution in [2.75, 3.05) is 19.6 Å². The van der Waals surface area contributed by atoms with E-state index in [-0.39, 0.29) is 12.5 Å². The van der Waals surface area contributed by atoms with Crippen molar-refractivity contribution in [1.29, 1.82) is 0 Å². The van der Waals surface area contributed by atoms with E-state index in [1.54, 1.807) is 4.90 Å². The molecule has 1 saturated heterocycles. The molecule has 1 heterocycles. The van der Waals surface area contributed by atoms with Crippen LogP contribution in [0.3, 0.4) is 0 Å². The van der Waals surface area contributed by atoms with Crippen LogP contribution in [-0.4, -0.2) is 38.9 Å². The molecule has 3 rings (SSSR count). The van der Waals surface area contributed by atoms with Crippen LogP contribution in [-0.2, 0) is 21.2 Å². The van der Waals surface area contributed by atoms with Crippen molar-refractivity contribution in [1.82, 2.24) is 9.62 Å². The zero-order valence-corrected chi connectivity index (χ0v) is 15.8. The van der Waals surface area contributed by atoms with Gasteiger partial charge in [0, 0.05) is 13.1 Å². The van der Waals surface area contributed by atoms with Crippen molar-refractivity contribution in [2.45, 2.75) is 24.2 Å². The summed E-state index contributed by atoms with van der Waals surface area (Å²) in [5, 5.41) is 0. The maximum absolute atomic E-state index is 13.7. The van der Waals surface area contributed by atoms with Crippen molar-refractivity contribution in [3.8, 4) is 0 Å². The summed E-state index contributed by atoms with van der Waals surface area (Å²) in [4.78, 5) is 13.6. The number of carbonyl (C=O) groups excluding carboxylic acids is 1. The third-order valence-electron chi connectivity index (χ3n) is 4.87. The molecule has 27 heavy (non-hydrogen) atoms. The second kappa shape index (κ2) is 8.63. The molecular weight excluding hydrogens is 367 g/mol. The van der Waals surface area contributed by atoms with Gasteiger partial charge in [-0.25, -0.2) is 17.5 Å². The van der Waals surface area contributed by atoms with E-state index in [4.69, 9.17) is 0 Å². The summed E-state index contributed by atoms with van der Waals surface area (Å²) < 4.78 is 40.2. The molecule has 0 bridgehead atoms. The van der Waals surface area contributed by atoms with Gasteiger partial charge in [-0.3, -0.25) is 4.79 Å². The molecule has 1 amide bonds. The van der Waals surface area contributed by atoms with E-state index in [0.717, 1.165) is 25.3 Å². The van der Waals surface area contributed by atoms with Crippen LogP contribution >= 0.6 is 0 Å². The molecule has 1 fully saturated rings. The Hall–Kier alpha value is -2.25. The smallest absolute Gasteiger partial charge is 0.243 e. The van der Waals surface area contributed by atoms with Crippen LogP contribution in [0, 0.1) is 11.7 Å². The van der Waals surface area contributed by atoms with Gasteiger partial charge in [-0.1, -0.05) is 42.5 Å². The zero-order valence-electron chi connectivity index (χ0n) is 15.0. The predicted molar refractivity (Wildman–Crippen MR) is 101 cm³/mol. The summed E-state index contributed by atoms with van der Waals surface area (Å²) in [6.45, 7) is 0.857. The SMILES string of the molecule is O=C(CNS(=O)(=O)c1ccccc1F)N1CCC(Cc2ccccc2)CC1. The third kappa shape index (κ3) is 5.14. The Morgan fingerprint density at radius 2 is 1.67 bits per heavy atom. The molecule has 7 heteroatoms. The lowest BCUT2D eigenvalue weighted by Crippen LogP contribution is -2.44. The van der Waals surface area contributed by atoms with Gasteiger partial charge in [-0.2, -0.15) is 0 Å². The number of rotatable bonds is 6. The Balaban J connectivity index is 1.49. The highest BCUT2D eigenvalue weighted by Crippen LogP contribution is 2.21. The van der Waals surface area contributed by atoms with Gasteiger partial charge in [0.25, 0.3) is 0 Å². The van der Waals surface area contributed by atoms with Crippen molar-refractivity contribution in [3.05, 3.63) is 66.0 Å². The number of nitrogens with zero attached hydrogens (tertiary/aromatic N) is 1. The maximum atomic E-state index is 13.7. The van der Waals surface area contributed by atoms with E-state index in [9.17, 15) is 17.6 Å². The summed E-state index contributed by atoms with van der Waals surface area (Å²) in [6.07, 6.45) is 2.77. The van der Waals surface area contributed by atoms with E-state index in [1.165, 1.54) is 23.8 Å². The Labute approximate surface area is 159 Å². The molecule has 0 saturated carbocycles. The Kier molecular flexibility index (Phi) is 6.23. The fraction of sp³-hybridized carbons (Fsp3) is 0.350. The number of hydrogen-bond acceptors (Lipinski definition) is 3. The first-order chi connectivity index (χ1) is 13.0. The molecule has 2 aromatic rings. The lowest BCUT2D eigenvalue weighted by atomic mass is 9.90. The van der Waals surface area contributed by atoms with Crippen molar-refractivity contribution in [3.63, 3.8) is 0 Å². The molecule has 0 atom stereocenters. The fourth-order valence-corrected chi connectivity index (χ4v) is 4.39. The van der Waals surface area contributed by atoms with E-state index < -0.39 is 20.7 Å². The van der Waals surface area contributed by atoms with Gasteiger partial charge in [0.1, 0.15) is 10.7 Å². The minimum atomic E-state index is -4.05. The van der Waals surface area contributed by atoms with Crippen LogP contribution in [0.15, 0.2) is 59.5 Å². The monoisotopic (exact) mass is 390 g/mol. The largest absolute Gasteiger partial charge is 0.342 e. The zero-order chi connectivity index (χ0) is 19.3. The highest BCUT2D eigenvalue weighted by molar-refractivity contribution is 7.89. The van der Waals surface area contributed by atoms with E-state index in [2.05, 4.69) is 16.9 Å². The summed E-state index contributed by atoms with van der Waals surface area (Å²) in [6, 6.07) is 15.4. The molecule has 0 aliphatic carbocycles. The second-order valence-electron chi connectivity index (χ2n) is 6.77. The van der Waals surface area contributed by atoms with Crippen LogP contribution in [0.4, 0.5) is 4.39 Å². The summed E-state index contributed by atoms with van der Waals surface area (Å²) >= 11 is 0. The first-order valence-corrected chi connectivity index (χ1v) is 10.5. The van der Waals surface area contributed by atoms with Crippen LogP contribution in [0.5, 0.6) is 0 Å². The number of nitrogens with one attached hydrogen (secondary N) is 1. The molecule has 0 unspecified atom stereocenters. The van der Waals surface area contributed by atoms with Gasteiger partial charge < -0.3 is 4.90 Å². The van der Waals surface area contributed by atoms with Crippen LogP contribution in [0.2, 0.25) is 0 Å². The molecule has 1 aliphatic rings. The normalized spacial score (nSPS) is 15.7. The number of amides is 1. The average Bonchev–Trinajstić information content (AvgIpc) is 2.68. The Bertz CT molecular complexity index is 879. The van der Waals surface area contributed by atoms with E-state index >= 15 is 0 Å². The first kappa shape index (κ1) is 19.5. The lowest BCUT2D eigenvalue weighted by molar-refractivity contribution is -0.131. The minimum absolute atomic E-state index is 0.284. The predicted octanol–water partition coefficient (Wildman–Crippen LogP) is 2.59. The van der Waals surface area contributed by atoms with Gasteiger partial charge in [-0.15, -0.1) is 0 Å². The molecule has 2 aromatic carbocycles. The molecule has 0 radical (unpaired) electrons. The average molecular weight is 390 g/mol. The number of piperidine rings is 1. The number of likely N-dealkylation sites (tertiary alicyclic amines) is 1. The number of halogens is 1. The molecule has 1 N–H and O–H groups in total. The number of sulfonamides is 1. The molecule has 0 aromatic heterocycles. The standard InChI is InChI=1S/C20H23FN2O3S/c21-18-8-4-5-9-19(18)27(25,26)22-15-20(24)23-12-10-17(11-13-23)14-16-6-2-1-3-7-16/h1-9,17,22H,10-15H2. The van der Waals surface area contributed by atoms with Crippen molar-refractivity contribution >= 4 is 15.9 Å². The molecule has 5 nitrogen and oxygen atoms in total. The molecule has 1 aliphatic heterocycles. The van der Waals surface area contributed by atoms with E-state index in [1.807, 2.05) is 18.2 Å². The van der Waals surface area contributed by atoms with E-state index in [0.29, 0.717) is 19.0 Å². The first-order valence-electron chi connectivity index (χ1n) is 9.01. The third-order valence-corrected chi connectivity index (χ3v) is 6.31. The van der Waals surface area contributed by atoms with Crippen LogP contribution < -0.4 is 4.72 Å². The van der Waals surface area contributed by atoms with Gasteiger partial charge >= 0.3 is 0 Å². The number of hydrogen-bond donors (Lipinski definition) is 1. The van der Waals surface area contributed by atoms with Crippen molar-refractivity contribution in [2.24, 2.45) is 5.92 Å². The fourth-order valence-electron chi connectivity index (χ4n) is 3.34. The van der Waals surface area contributed by atoms with Gasteiger partial charge in [0.15, 0.2) is 0 Å². The number of benzene rings is 2. The quantitative estimate of drug-likeness (QED) is 0.824. The van der Waals surface area contributed by atoms with Gasteiger partial charge in [-0.05, 0) is 42.9 Å². The summed E-state index contributed by atoms with van der Waals surface area (Å²) in [7, 11) is -4.05. The molecule has 144 valence electrons. The Morgan fingerprint density at radius 1 is 1.04 bits per heavy atom. The van der Waals surface area contributed by atoms with Crippen LogP contribution in [0.1, 0.15) is 18.4 Å². The lowest BCUT2D eigenvalue weighted by Gasteiger charge is -2.32.